The van der Waals surface area contributed by atoms with Crippen molar-refractivity contribution in [2.24, 2.45) is 11.8 Å². The van der Waals surface area contributed by atoms with Gasteiger partial charge in [0.25, 0.3) is 0 Å². The average Bonchev–Trinajstić information content (AvgIpc) is 2.17. The number of carbonyl (C=O) groups is 1. The van der Waals surface area contributed by atoms with Crippen molar-refractivity contribution in [2.45, 2.75) is 26.7 Å². The van der Waals surface area contributed by atoms with E-state index in [9.17, 15) is 9.18 Å². The minimum atomic E-state index is -0.799. The van der Waals surface area contributed by atoms with Crippen molar-refractivity contribution in [1.82, 2.24) is 0 Å². The summed E-state index contributed by atoms with van der Waals surface area (Å²) in [7, 11) is 0. The van der Waals surface area contributed by atoms with Gasteiger partial charge in [-0.25, -0.2) is 4.39 Å². The highest BCUT2D eigenvalue weighted by Crippen LogP contribution is 2.30. The van der Waals surface area contributed by atoms with Gasteiger partial charge in [0.15, 0.2) is 0 Å². The number of rotatable bonds is 4. The number of benzene rings is 1. The maximum absolute atomic E-state index is 12.8. The molecular formula is C13H17FO2. The van der Waals surface area contributed by atoms with Crippen molar-refractivity contribution in [1.29, 1.82) is 0 Å². The largest absolute Gasteiger partial charge is 0.481 e. The molecular weight excluding hydrogens is 207 g/mol. The van der Waals surface area contributed by atoms with Crippen LogP contribution in [-0.2, 0) is 4.79 Å². The first-order valence-electron chi connectivity index (χ1n) is 5.41. The van der Waals surface area contributed by atoms with Crippen molar-refractivity contribution < 1.29 is 14.3 Å². The van der Waals surface area contributed by atoms with Crippen molar-refractivity contribution >= 4 is 5.97 Å². The Morgan fingerprint density at radius 1 is 1.19 bits per heavy atom. The molecule has 2 atom stereocenters. The zero-order chi connectivity index (χ0) is 12.3. The third-order valence-electron chi connectivity index (χ3n) is 2.94. The Labute approximate surface area is 95.1 Å². The van der Waals surface area contributed by atoms with Gasteiger partial charge in [-0.2, -0.15) is 0 Å². The van der Waals surface area contributed by atoms with Gasteiger partial charge >= 0.3 is 5.97 Å². The van der Waals surface area contributed by atoms with E-state index in [1.165, 1.54) is 12.1 Å². The third-order valence-corrected chi connectivity index (χ3v) is 2.94. The Kier molecular flexibility index (Phi) is 4.05. The van der Waals surface area contributed by atoms with Crippen LogP contribution in [0.25, 0.3) is 0 Å². The Hall–Kier alpha value is -1.38. The second-order valence-corrected chi connectivity index (χ2v) is 4.45. The molecule has 0 spiro atoms. The number of hydrogen-bond acceptors (Lipinski definition) is 1. The molecule has 0 aromatic heterocycles. The first kappa shape index (κ1) is 12.7. The third kappa shape index (κ3) is 2.81. The molecule has 1 rings (SSSR count). The van der Waals surface area contributed by atoms with E-state index in [2.05, 4.69) is 0 Å². The quantitative estimate of drug-likeness (QED) is 0.852. The SMILES string of the molecule is CC(C)C(C(=O)O)C(C)c1ccc(F)cc1. The fourth-order valence-electron chi connectivity index (χ4n) is 2.05. The molecule has 0 aliphatic carbocycles. The lowest BCUT2D eigenvalue weighted by atomic mass is 9.80. The Balaban J connectivity index is 2.94. The van der Waals surface area contributed by atoms with Crippen LogP contribution in [0.1, 0.15) is 32.3 Å². The van der Waals surface area contributed by atoms with E-state index in [0.29, 0.717) is 0 Å². The summed E-state index contributed by atoms with van der Waals surface area (Å²) in [4.78, 5) is 11.1. The lowest BCUT2D eigenvalue weighted by Crippen LogP contribution is -2.25. The highest BCUT2D eigenvalue weighted by atomic mass is 19.1. The van der Waals surface area contributed by atoms with Crippen LogP contribution in [0, 0.1) is 17.7 Å². The van der Waals surface area contributed by atoms with Gasteiger partial charge in [-0.1, -0.05) is 32.9 Å². The summed E-state index contributed by atoms with van der Waals surface area (Å²) in [6, 6.07) is 6.03. The maximum atomic E-state index is 12.8. The highest BCUT2D eigenvalue weighted by molar-refractivity contribution is 5.71. The van der Waals surface area contributed by atoms with E-state index in [4.69, 9.17) is 5.11 Å². The molecule has 0 heterocycles. The summed E-state index contributed by atoms with van der Waals surface area (Å²) < 4.78 is 12.8. The van der Waals surface area contributed by atoms with Gasteiger partial charge < -0.3 is 5.11 Å². The molecule has 0 aliphatic rings. The van der Waals surface area contributed by atoms with Crippen LogP contribution < -0.4 is 0 Å². The van der Waals surface area contributed by atoms with E-state index < -0.39 is 11.9 Å². The lowest BCUT2D eigenvalue weighted by molar-refractivity contribution is -0.144. The summed E-state index contributed by atoms with van der Waals surface area (Å²) in [5, 5.41) is 9.16. The van der Waals surface area contributed by atoms with Gasteiger partial charge in [-0.05, 0) is 29.5 Å². The highest BCUT2D eigenvalue weighted by Gasteiger charge is 2.28. The number of carboxylic acid groups (broad SMARTS) is 1. The smallest absolute Gasteiger partial charge is 0.307 e. The lowest BCUT2D eigenvalue weighted by Gasteiger charge is -2.23. The van der Waals surface area contributed by atoms with Crippen LogP contribution in [0.15, 0.2) is 24.3 Å². The van der Waals surface area contributed by atoms with Gasteiger partial charge in [0.2, 0.25) is 0 Å². The van der Waals surface area contributed by atoms with E-state index in [1.54, 1.807) is 12.1 Å². The van der Waals surface area contributed by atoms with Crippen LogP contribution >= 0.6 is 0 Å². The maximum Gasteiger partial charge on any atom is 0.307 e. The average molecular weight is 224 g/mol. The molecule has 0 aliphatic heterocycles. The van der Waals surface area contributed by atoms with Crippen LogP contribution in [0.4, 0.5) is 4.39 Å². The summed E-state index contributed by atoms with van der Waals surface area (Å²) in [6.07, 6.45) is 0. The molecule has 88 valence electrons. The molecule has 0 radical (unpaired) electrons. The van der Waals surface area contributed by atoms with Gasteiger partial charge in [0.1, 0.15) is 5.82 Å². The molecule has 3 heteroatoms. The molecule has 1 N–H and O–H groups in total. The summed E-state index contributed by atoms with van der Waals surface area (Å²) >= 11 is 0. The number of aliphatic carboxylic acids is 1. The van der Waals surface area contributed by atoms with Crippen molar-refractivity contribution in [3.8, 4) is 0 Å². The Morgan fingerprint density at radius 3 is 2.06 bits per heavy atom. The molecule has 16 heavy (non-hydrogen) atoms. The van der Waals surface area contributed by atoms with E-state index in [1.807, 2.05) is 20.8 Å². The second kappa shape index (κ2) is 5.10. The Bertz CT molecular complexity index is 357. The molecule has 0 saturated heterocycles. The second-order valence-electron chi connectivity index (χ2n) is 4.45. The number of carboxylic acids is 1. The van der Waals surface area contributed by atoms with Gasteiger partial charge in [0, 0.05) is 0 Å². The number of halogens is 1. The normalized spacial score (nSPS) is 14.8. The van der Waals surface area contributed by atoms with Crippen molar-refractivity contribution in [2.75, 3.05) is 0 Å². The summed E-state index contributed by atoms with van der Waals surface area (Å²) in [5.74, 6) is -1.60. The monoisotopic (exact) mass is 224 g/mol. The van der Waals surface area contributed by atoms with Crippen molar-refractivity contribution in [3.63, 3.8) is 0 Å². The molecule has 1 aromatic rings. The van der Waals surface area contributed by atoms with Gasteiger partial charge in [-0.3, -0.25) is 4.79 Å². The van der Waals surface area contributed by atoms with Crippen LogP contribution in [0.2, 0.25) is 0 Å². The first-order chi connectivity index (χ1) is 7.43. The van der Waals surface area contributed by atoms with E-state index in [-0.39, 0.29) is 17.7 Å². The first-order valence-corrected chi connectivity index (χ1v) is 5.41. The minimum Gasteiger partial charge on any atom is -0.481 e. The van der Waals surface area contributed by atoms with Gasteiger partial charge in [-0.15, -0.1) is 0 Å². The molecule has 0 saturated carbocycles. The van der Waals surface area contributed by atoms with E-state index >= 15 is 0 Å². The topological polar surface area (TPSA) is 37.3 Å². The van der Waals surface area contributed by atoms with Crippen molar-refractivity contribution in [3.05, 3.63) is 35.6 Å². The zero-order valence-corrected chi connectivity index (χ0v) is 9.77. The standard InChI is InChI=1S/C13H17FO2/c1-8(2)12(13(15)16)9(3)10-4-6-11(14)7-5-10/h4-9,12H,1-3H3,(H,15,16). The predicted octanol–water partition coefficient (Wildman–Crippen LogP) is 3.29. The molecule has 0 amide bonds. The molecule has 2 nitrogen and oxygen atoms in total. The molecule has 2 unspecified atom stereocenters. The summed E-state index contributed by atoms with van der Waals surface area (Å²) in [5.41, 5.74) is 0.863. The van der Waals surface area contributed by atoms with Gasteiger partial charge in [0.05, 0.1) is 5.92 Å². The predicted molar refractivity (Wildman–Crippen MR) is 60.8 cm³/mol. The van der Waals surface area contributed by atoms with E-state index in [0.717, 1.165) is 5.56 Å². The fraction of sp³-hybridized carbons (Fsp3) is 0.462. The zero-order valence-electron chi connectivity index (χ0n) is 9.77. The Morgan fingerprint density at radius 2 is 1.69 bits per heavy atom. The molecule has 1 aromatic carbocycles. The summed E-state index contributed by atoms with van der Waals surface area (Å²) in [6.45, 7) is 5.64. The fourth-order valence-corrected chi connectivity index (χ4v) is 2.05. The van der Waals surface area contributed by atoms with Crippen LogP contribution in [0.5, 0.6) is 0 Å². The molecule has 0 fully saturated rings. The van der Waals surface area contributed by atoms with Crippen LogP contribution in [-0.4, -0.2) is 11.1 Å². The number of hydrogen-bond donors (Lipinski definition) is 1. The molecule has 0 bridgehead atoms. The van der Waals surface area contributed by atoms with Crippen LogP contribution in [0.3, 0.4) is 0 Å². The minimum absolute atomic E-state index is 0.0533.